The van der Waals surface area contributed by atoms with Gasteiger partial charge in [-0.15, -0.1) is 0 Å². The van der Waals surface area contributed by atoms with E-state index >= 15 is 0 Å². The molecule has 0 fully saturated rings. The van der Waals surface area contributed by atoms with Gasteiger partial charge in [0.15, 0.2) is 0 Å². The molecule has 258 valence electrons. The fourth-order valence-corrected chi connectivity index (χ4v) is 9.67. The molecule has 55 heavy (non-hydrogen) atoms. The first-order valence-electron chi connectivity index (χ1n) is 19.4. The lowest BCUT2D eigenvalue weighted by molar-refractivity contribution is 0.660. The summed E-state index contributed by atoms with van der Waals surface area (Å²) in [6.45, 7) is 4.76. The minimum absolute atomic E-state index is 0.0962. The fourth-order valence-electron chi connectivity index (χ4n) is 9.67. The second kappa shape index (κ2) is 12.1. The Morgan fingerprint density at radius 3 is 1.62 bits per heavy atom. The van der Waals surface area contributed by atoms with Crippen LogP contribution in [0.5, 0.6) is 0 Å². The van der Waals surface area contributed by atoms with E-state index in [4.69, 9.17) is 0 Å². The molecular weight excluding hydrogens is 661 g/mol. The number of hydrogen-bond donors (Lipinski definition) is 0. The van der Waals surface area contributed by atoms with Gasteiger partial charge in [0.2, 0.25) is 0 Å². The minimum atomic E-state index is -0.0962. The van der Waals surface area contributed by atoms with Crippen molar-refractivity contribution in [2.45, 2.75) is 19.3 Å². The normalized spacial score (nSPS) is 13.1. The summed E-state index contributed by atoms with van der Waals surface area (Å²) in [7, 11) is 0. The zero-order chi connectivity index (χ0) is 36.7. The lowest BCUT2D eigenvalue weighted by Crippen LogP contribution is -2.14. The van der Waals surface area contributed by atoms with Crippen molar-refractivity contribution in [1.29, 1.82) is 0 Å². The molecule has 0 heterocycles. The molecule has 1 aliphatic rings. The minimum Gasteiger partial charge on any atom is -0.0622 e. The van der Waals surface area contributed by atoms with Gasteiger partial charge < -0.3 is 0 Å². The maximum Gasteiger partial charge on any atom is 0.0159 e. The summed E-state index contributed by atoms with van der Waals surface area (Å²) in [6, 6.07) is 72.3. The summed E-state index contributed by atoms with van der Waals surface area (Å²) in [5, 5.41) is 10.1. The Bertz CT molecular complexity index is 3160. The molecule has 0 amide bonds. The van der Waals surface area contributed by atoms with Crippen LogP contribution in [0.3, 0.4) is 0 Å². The monoisotopic (exact) mass is 698 g/mol. The van der Waals surface area contributed by atoms with Crippen molar-refractivity contribution in [3.8, 4) is 55.6 Å². The van der Waals surface area contributed by atoms with Crippen molar-refractivity contribution in [1.82, 2.24) is 0 Å². The van der Waals surface area contributed by atoms with Crippen LogP contribution < -0.4 is 0 Å². The highest BCUT2D eigenvalue weighted by molar-refractivity contribution is 6.25. The van der Waals surface area contributed by atoms with Crippen molar-refractivity contribution in [2.24, 2.45) is 0 Å². The van der Waals surface area contributed by atoms with E-state index in [-0.39, 0.29) is 5.41 Å². The highest BCUT2D eigenvalue weighted by Crippen LogP contribution is 2.52. The van der Waals surface area contributed by atoms with E-state index in [0.29, 0.717) is 0 Å². The van der Waals surface area contributed by atoms with Gasteiger partial charge in [0.1, 0.15) is 0 Å². The Labute approximate surface area is 322 Å². The maximum absolute atomic E-state index is 2.49. The topological polar surface area (TPSA) is 0 Å². The first-order chi connectivity index (χ1) is 27.1. The molecule has 1 aliphatic carbocycles. The molecule has 0 atom stereocenters. The van der Waals surface area contributed by atoms with Gasteiger partial charge >= 0.3 is 0 Å². The van der Waals surface area contributed by atoms with Crippen molar-refractivity contribution in [3.05, 3.63) is 205 Å². The molecule has 10 aromatic carbocycles. The molecule has 0 nitrogen and oxygen atoms in total. The Balaban J connectivity index is 1.25. The maximum atomic E-state index is 2.49. The van der Waals surface area contributed by atoms with Crippen LogP contribution in [0.15, 0.2) is 194 Å². The number of fused-ring (bicyclic) bond motifs is 7. The molecule has 0 spiro atoms. The molecule has 0 heteroatoms. The van der Waals surface area contributed by atoms with Gasteiger partial charge in [-0.2, -0.15) is 0 Å². The zero-order valence-corrected chi connectivity index (χ0v) is 31.0. The smallest absolute Gasteiger partial charge is 0.0159 e. The number of benzene rings is 10. The fraction of sp³-hybridized carbons (Fsp3) is 0.0545. The van der Waals surface area contributed by atoms with Crippen molar-refractivity contribution >= 4 is 43.1 Å². The average molecular weight is 699 g/mol. The second-order valence-electron chi connectivity index (χ2n) is 15.6. The molecule has 0 bridgehead atoms. The summed E-state index contributed by atoms with van der Waals surface area (Å²) < 4.78 is 0. The van der Waals surface area contributed by atoms with Crippen molar-refractivity contribution in [2.75, 3.05) is 0 Å². The Hall–Kier alpha value is -6.76. The first kappa shape index (κ1) is 31.7. The molecule has 0 aliphatic heterocycles. The second-order valence-corrected chi connectivity index (χ2v) is 15.6. The predicted octanol–water partition coefficient (Wildman–Crippen LogP) is 15.3. The van der Waals surface area contributed by atoms with Gasteiger partial charge in [0.25, 0.3) is 0 Å². The van der Waals surface area contributed by atoms with E-state index in [1.165, 1.54) is 110 Å². The third kappa shape index (κ3) is 4.78. The Morgan fingerprint density at radius 1 is 0.273 bits per heavy atom. The lowest BCUT2D eigenvalue weighted by Gasteiger charge is -2.23. The van der Waals surface area contributed by atoms with Crippen LogP contribution in [-0.4, -0.2) is 0 Å². The van der Waals surface area contributed by atoms with E-state index in [1.807, 2.05) is 0 Å². The molecule has 0 saturated carbocycles. The number of hydrogen-bond acceptors (Lipinski definition) is 0. The van der Waals surface area contributed by atoms with Crippen molar-refractivity contribution in [3.63, 3.8) is 0 Å². The molecule has 11 rings (SSSR count). The highest BCUT2D eigenvalue weighted by Gasteiger charge is 2.35. The predicted molar refractivity (Wildman–Crippen MR) is 236 cm³/mol. The molecule has 10 aromatic rings. The van der Waals surface area contributed by atoms with Crippen molar-refractivity contribution < 1.29 is 0 Å². The van der Waals surface area contributed by atoms with Crippen LogP contribution in [0.25, 0.3) is 98.7 Å². The van der Waals surface area contributed by atoms with E-state index < -0.39 is 0 Å². The van der Waals surface area contributed by atoms with E-state index in [0.717, 1.165) is 0 Å². The third-order valence-corrected chi connectivity index (χ3v) is 12.3. The van der Waals surface area contributed by atoms with E-state index in [1.54, 1.807) is 0 Å². The Morgan fingerprint density at radius 2 is 0.800 bits per heavy atom. The Kier molecular flexibility index (Phi) is 7.00. The molecule has 0 unspecified atom stereocenters. The van der Waals surface area contributed by atoms with Gasteiger partial charge in [-0.1, -0.05) is 196 Å². The lowest BCUT2D eigenvalue weighted by atomic mass is 9.80. The van der Waals surface area contributed by atoms with Crippen LogP contribution >= 0.6 is 0 Å². The van der Waals surface area contributed by atoms with Crippen LogP contribution in [-0.2, 0) is 5.41 Å². The molecular formula is C55H38. The van der Waals surface area contributed by atoms with Crippen LogP contribution in [0.1, 0.15) is 25.0 Å². The standard InChI is InChI=1S/C55H38/c1-55(2)51-26-13-12-22-44(51)45-29-28-38(34-52(45)55)53-46-23-10-11-24-47(46)54(48-32-31-41(35-15-4-3-5-16-35)42-20-8-9-21-43(42)48)49-30-27-37(33-50(49)53)40-25-14-18-36-17-6-7-19-39(36)40/h3-34H,1-2H3. The molecule has 0 aromatic heterocycles. The van der Waals surface area contributed by atoms with Crippen LogP contribution in [0.4, 0.5) is 0 Å². The number of rotatable bonds is 4. The highest BCUT2D eigenvalue weighted by atomic mass is 14.4. The van der Waals surface area contributed by atoms with Gasteiger partial charge in [-0.3, -0.25) is 0 Å². The largest absolute Gasteiger partial charge is 0.0622 e. The SMILES string of the molecule is CC1(C)c2ccccc2-c2ccc(-c3c4ccccc4c(-c4ccc(-c5ccccc5)c5ccccc45)c4ccc(-c5cccc6ccccc56)cc34)cc21. The molecule has 0 saturated heterocycles. The van der Waals surface area contributed by atoms with E-state index in [2.05, 4.69) is 208 Å². The first-order valence-corrected chi connectivity index (χ1v) is 19.4. The summed E-state index contributed by atoms with van der Waals surface area (Å²) in [6.07, 6.45) is 0. The van der Waals surface area contributed by atoms with E-state index in [9.17, 15) is 0 Å². The van der Waals surface area contributed by atoms with Crippen LogP contribution in [0, 0.1) is 0 Å². The molecule has 0 N–H and O–H groups in total. The summed E-state index contributed by atoms with van der Waals surface area (Å²) in [5.74, 6) is 0. The zero-order valence-electron chi connectivity index (χ0n) is 31.0. The van der Waals surface area contributed by atoms with Gasteiger partial charge in [0, 0.05) is 5.41 Å². The quantitative estimate of drug-likeness (QED) is 0.161. The van der Waals surface area contributed by atoms with Gasteiger partial charge in [-0.05, 0) is 122 Å². The average Bonchev–Trinajstić information content (AvgIpc) is 3.47. The summed E-state index contributed by atoms with van der Waals surface area (Å²) in [5.41, 5.74) is 15.4. The summed E-state index contributed by atoms with van der Waals surface area (Å²) >= 11 is 0. The third-order valence-electron chi connectivity index (χ3n) is 12.3. The van der Waals surface area contributed by atoms with Gasteiger partial charge in [-0.25, -0.2) is 0 Å². The van der Waals surface area contributed by atoms with Gasteiger partial charge in [0.05, 0.1) is 0 Å². The van der Waals surface area contributed by atoms with Crippen LogP contribution in [0.2, 0.25) is 0 Å². The summed E-state index contributed by atoms with van der Waals surface area (Å²) in [4.78, 5) is 0. The molecule has 0 radical (unpaired) electrons.